The first-order valence-electron chi connectivity index (χ1n) is 6.11. The topological polar surface area (TPSA) is 59.3 Å². The summed E-state index contributed by atoms with van der Waals surface area (Å²) in [5.41, 5.74) is 1.50. The van der Waals surface area contributed by atoms with Gasteiger partial charge < -0.3 is 9.67 Å². The van der Waals surface area contributed by atoms with Crippen molar-refractivity contribution < 1.29 is 14.7 Å². The van der Waals surface area contributed by atoms with Crippen LogP contribution < -0.4 is 0 Å². The molecule has 0 amide bonds. The Balaban J connectivity index is 2.47. The van der Waals surface area contributed by atoms with Gasteiger partial charge in [0.1, 0.15) is 5.69 Å². The molecule has 0 bridgehead atoms. The van der Waals surface area contributed by atoms with Gasteiger partial charge in [-0.2, -0.15) is 0 Å². The fourth-order valence-electron chi connectivity index (χ4n) is 2.07. The maximum Gasteiger partial charge on any atom is 0.352 e. The van der Waals surface area contributed by atoms with E-state index in [0.29, 0.717) is 5.56 Å². The Morgan fingerprint density at radius 1 is 1.25 bits per heavy atom. The van der Waals surface area contributed by atoms with Gasteiger partial charge >= 0.3 is 5.97 Å². The van der Waals surface area contributed by atoms with Crippen molar-refractivity contribution in [1.29, 1.82) is 0 Å². The molecule has 0 saturated carbocycles. The monoisotopic (exact) mass is 335 g/mol. The SMILES string of the molecule is CC(=O)c1cc(C(=O)O)n(C(C)c2ccc(Br)cc2)c1. The third-order valence-electron chi connectivity index (χ3n) is 3.24. The average molecular weight is 336 g/mol. The van der Waals surface area contributed by atoms with Gasteiger partial charge in [0.05, 0.1) is 6.04 Å². The summed E-state index contributed by atoms with van der Waals surface area (Å²) in [7, 11) is 0. The zero-order valence-electron chi connectivity index (χ0n) is 11.1. The lowest BCUT2D eigenvalue weighted by molar-refractivity contribution is 0.0684. The van der Waals surface area contributed by atoms with E-state index in [9.17, 15) is 14.7 Å². The normalized spacial score (nSPS) is 12.2. The zero-order chi connectivity index (χ0) is 14.9. The molecule has 1 N–H and O–H groups in total. The number of hydrogen-bond acceptors (Lipinski definition) is 2. The summed E-state index contributed by atoms with van der Waals surface area (Å²) in [6.07, 6.45) is 1.60. The van der Waals surface area contributed by atoms with Crippen molar-refractivity contribution in [3.05, 3.63) is 57.8 Å². The Morgan fingerprint density at radius 2 is 1.85 bits per heavy atom. The maximum atomic E-state index is 11.4. The summed E-state index contributed by atoms with van der Waals surface area (Å²) in [5, 5.41) is 9.26. The molecule has 5 heteroatoms. The van der Waals surface area contributed by atoms with Crippen molar-refractivity contribution in [3.8, 4) is 0 Å². The van der Waals surface area contributed by atoms with Crippen LogP contribution in [-0.2, 0) is 0 Å². The van der Waals surface area contributed by atoms with Gasteiger partial charge in [-0.15, -0.1) is 0 Å². The molecule has 1 unspecified atom stereocenters. The summed E-state index contributed by atoms with van der Waals surface area (Å²) >= 11 is 3.37. The van der Waals surface area contributed by atoms with Crippen molar-refractivity contribution in [1.82, 2.24) is 4.57 Å². The average Bonchev–Trinajstić information content (AvgIpc) is 2.84. The summed E-state index contributed by atoms with van der Waals surface area (Å²) < 4.78 is 2.58. The second kappa shape index (κ2) is 5.63. The van der Waals surface area contributed by atoms with Crippen molar-refractivity contribution >= 4 is 27.7 Å². The summed E-state index contributed by atoms with van der Waals surface area (Å²) in [6, 6.07) is 8.91. The van der Waals surface area contributed by atoms with E-state index in [1.165, 1.54) is 13.0 Å². The third-order valence-corrected chi connectivity index (χ3v) is 3.77. The van der Waals surface area contributed by atoms with Crippen LogP contribution in [0.4, 0.5) is 0 Å². The smallest absolute Gasteiger partial charge is 0.352 e. The minimum Gasteiger partial charge on any atom is -0.477 e. The van der Waals surface area contributed by atoms with Gasteiger partial charge in [0.25, 0.3) is 0 Å². The minimum atomic E-state index is -1.04. The quantitative estimate of drug-likeness (QED) is 0.865. The molecule has 0 fully saturated rings. The molecule has 1 aromatic carbocycles. The molecule has 2 rings (SSSR count). The number of ketones is 1. The van der Waals surface area contributed by atoms with Crippen LogP contribution in [0.5, 0.6) is 0 Å². The number of halogens is 1. The summed E-state index contributed by atoms with van der Waals surface area (Å²) in [5.74, 6) is -1.18. The Kier molecular flexibility index (Phi) is 4.09. The number of aromatic nitrogens is 1. The standard InChI is InChI=1S/C15H14BrNO3/c1-9(11-3-5-13(16)6-4-11)17-8-12(10(2)18)7-14(17)15(19)20/h3-9H,1-2H3,(H,19,20). The van der Waals surface area contributed by atoms with Crippen molar-refractivity contribution in [2.45, 2.75) is 19.9 Å². The Hall–Kier alpha value is -1.88. The second-order valence-electron chi connectivity index (χ2n) is 4.61. The first kappa shape index (κ1) is 14.5. The van der Waals surface area contributed by atoms with Crippen LogP contribution in [0.1, 0.15) is 46.3 Å². The van der Waals surface area contributed by atoms with E-state index in [1.54, 1.807) is 10.8 Å². The predicted molar refractivity (Wildman–Crippen MR) is 79.4 cm³/mol. The highest BCUT2D eigenvalue weighted by Crippen LogP contribution is 2.24. The van der Waals surface area contributed by atoms with Crippen LogP contribution >= 0.6 is 15.9 Å². The lowest BCUT2D eigenvalue weighted by Gasteiger charge is -2.16. The van der Waals surface area contributed by atoms with E-state index in [4.69, 9.17) is 0 Å². The van der Waals surface area contributed by atoms with Crippen LogP contribution in [0.3, 0.4) is 0 Å². The van der Waals surface area contributed by atoms with Crippen LogP contribution in [-0.4, -0.2) is 21.4 Å². The van der Waals surface area contributed by atoms with Gasteiger partial charge in [-0.05, 0) is 37.6 Å². The number of carbonyl (C=O) groups excluding carboxylic acids is 1. The number of hydrogen-bond donors (Lipinski definition) is 1. The van der Waals surface area contributed by atoms with Crippen LogP contribution in [0.15, 0.2) is 41.0 Å². The lowest BCUT2D eigenvalue weighted by Crippen LogP contribution is -2.12. The number of nitrogens with zero attached hydrogens (tertiary/aromatic N) is 1. The van der Waals surface area contributed by atoms with E-state index >= 15 is 0 Å². The molecule has 1 atom stereocenters. The van der Waals surface area contributed by atoms with Crippen molar-refractivity contribution in [2.24, 2.45) is 0 Å². The lowest BCUT2D eigenvalue weighted by atomic mass is 10.1. The minimum absolute atomic E-state index is 0.116. The molecular formula is C15H14BrNO3. The molecule has 20 heavy (non-hydrogen) atoms. The number of rotatable bonds is 4. The Morgan fingerprint density at radius 3 is 2.35 bits per heavy atom. The van der Waals surface area contributed by atoms with Crippen LogP contribution in [0.2, 0.25) is 0 Å². The molecule has 0 aliphatic rings. The van der Waals surface area contributed by atoms with Gasteiger partial charge in [-0.1, -0.05) is 28.1 Å². The van der Waals surface area contributed by atoms with Crippen LogP contribution in [0.25, 0.3) is 0 Å². The van der Waals surface area contributed by atoms with E-state index < -0.39 is 5.97 Å². The predicted octanol–water partition coefficient (Wildman–Crippen LogP) is 3.76. The molecular weight excluding hydrogens is 322 g/mol. The molecule has 2 aromatic rings. The molecule has 1 heterocycles. The molecule has 0 aliphatic heterocycles. The molecule has 4 nitrogen and oxygen atoms in total. The Bertz CT molecular complexity index is 658. The number of Topliss-reactive ketones (excluding diaryl/α,β-unsaturated/α-hetero) is 1. The fourth-order valence-corrected chi connectivity index (χ4v) is 2.33. The highest BCUT2D eigenvalue weighted by atomic mass is 79.9. The van der Waals surface area contributed by atoms with Gasteiger partial charge in [0, 0.05) is 16.2 Å². The van der Waals surface area contributed by atoms with Crippen molar-refractivity contribution in [2.75, 3.05) is 0 Å². The van der Waals surface area contributed by atoms with Gasteiger partial charge in [-0.3, -0.25) is 4.79 Å². The summed E-state index contributed by atoms with van der Waals surface area (Å²) in [6.45, 7) is 3.33. The van der Waals surface area contributed by atoms with Gasteiger partial charge in [0.2, 0.25) is 0 Å². The molecule has 1 aromatic heterocycles. The molecule has 0 radical (unpaired) electrons. The first-order chi connectivity index (χ1) is 9.40. The highest BCUT2D eigenvalue weighted by Gasteiger charge is 2.19. The third kappa shape index (κ3) is 2.82. The summed E-state index contributed by atoms with van der Waals surface area (Å²) in [4.78, 5) is 22.7. The van der Waals surface area contributed by atoms with E-state index in [-0.39, 0.29) is 17.5 Å². The molecule has 0 spiro atoms. The molecule has 104 valence electrons. The Labute approximate surface area is 125 Å². The van der Waals surface area contributed by atoms with Crippen molar-refractivity contribution in [3.63, 3.8) is 0 Å². The largest absolute Gasteiger partial charge is 0.477 e. The van der Waals surface area contributed by atoms with Crippen LogP contribution in [0, 0.1) is 0 Å². The van der Waals surface area contributed by atoms with E-state index in [0.717, 1.165) is 10.0 Å². The highest BCUT2D eigenvalue weighted by molar-refractivity contribution is 9.10. The van der Waals surface area contributed by atoms with E-state index in [2.05, 4.69) is 15.9 Å². The second-order valence-corrected chi connectivity index (χ2v) is 5.53. The number of carboxylic acid groups (broad SMARTS) is 1. The van der Waals surface area contributed by atoms with Gasteiger partial charge in [-0.25, -0.2) is 4.79 Å². The molecule has 0 aliphatic carbocycles. The fraction of sp³-hybridized carbons (Fsp3) is 0.200. The molecule has 0 saturated heterocycles. The number of aromatic carboxylic acids is 1. The zero-order valence-corrected chi connectivity index (χ0v) is 12.7. The number of benzene rings is 1. The number of carbonyl (C=O) groups is 2. The first-order valence-corrected chi connectivity index (χ1v) is 6.91. The number of carboxylic acids is 1. The van der Waals surface area contributed by atoms with E-state index in [1.807, 2.05) is 31.2 Å². The van der Waals surface area contributed by atoms with Gasteiger partial charge in [0.15, 0.2) is 5.78 Å². The maximum absolute atomic E-state index is 11.4.